The Morgan fingerprint density at radius 2 is 2.00 bits per heavy atom. The number of fused-ring (bicyclic) bond motifs is 1. The van der Waals surface area contributed by atoms with Gasteiger partial charge in [0.05, 0.1) is 4.47 Å². The summed E-state index contributed by atoms with van der Waals surface area (Å²) < 4.78 is 6.88. The number of rotatable bonds is 3. The van der Waals surface area contributed by atoms with Gasteiger partial charge in [-0.3, -0.25) is 0 Å². The van der Waals surface area contributed by atoms with Gasteiger partial charge in [-0.25, -0.2) is 4.98 Å². The molecule has 3 nitrogen and oxygen atoms in total. The summed E-state index contributed by atoms with van der Waals surface area (Å²) in [6, 6.07) is 9.94. The van der Waals surface area contributed by atoms with Crippen LogP contribution in [0.25, 0.3) is 0 Å². The van der Waals surface area contributed by atoms with Crippen molar-refractivity contribution in [2.24, 2.45) is 5.73 Å². The molecule has 1 aliphatic rings. The first kappa shape index (κ1) is 13.6. The molecule has 0 atom stereocenters. The minimum absolute atomic E-state index is 0.445. The van der Waals surface area contributed by atoms with Crippen LogP contribution >= 0.6 is 15.9 Å². The van der Waals surface area contributed by atoms with E-state index < -0.39 is 0 Å². The molecule has 2 N–H and O–H groups in total. The highest BCUT2D eigenvalue weighted by Gasteiger charge is 2.16. The van der Waals surface area contributed by atoms with E-state index in [-0.39, 0.29) is 0 Å². The van der Waals surface area contributed by atoms with Gasteiger partial charge in [-0.1, -0.05) is 12.1 Å². The zero-order valence-electron chi connectivity index (χ0n) is 11.2. The molecule has 1 aliphatic carbocycles. The molecule has 3 rings (SSSR count). The number of hydrogen-bond acceptors (Lipinski definition) is 3. The number of pyridine rings is 1. The van der Waals surface area contributed by atoms with Gasteiger partial charge in [-0.2, -0.15) is 0 Å². The molecule has 2 aromatic rings. The number of nitrogens with zero attached hydrogens (tertiary/aromatic N) is 1. The lowest BCUT2D eigenvalue weighted by Gasteiger charge is -2.18. The number of para-hydroxylation sites is 1. The maximum atomic E-state index is 5.96. The number of halogens is 1. The van der Waals surface area contributed by atoms with Crippen molar-refractivity contribution in [3.05, 3.63) is 51.6 Å². The van der Waals surface area contributed by atoms with Gasteiger partial charge in [0.1, 0.15) is 5.75 Å². The van der Waals surface area contributed by atoms with Crippen molar-refractivity contribution in [3.8, 4) is 11.6 Å². The fourth-order valence-electron chi connectivity index (χ4n) is 2.53. The van der Waals surface area contributed by atoms with Gasteiger partial charge in [0.15, 0.2) is 0 Å². The summed E-state index contributed by atoms with van der Waals surface area (Å²) in [5.41, 5.74) is 9.31. The number of aryl methyl sites for hydroxylation is 2. The molecule has 0 saturated heterocycles. The molecular weight excluding hydrogens is 316 g/mol. The maximum absolute atomic E-state index is 5.96. The fourth-order valence-corrected chi connectivity index (χ4v) is 2.89. The second kappa shape index (κ2) is 5.94. The van der Waals surface area contributed by atoms with Crippen molar-refractivity contribution in [1.29, 1.82) is 0 Å². The van der Waals surface area contributed by atoms with Crippen LogP contribution in [0.2, 0.25) is 0 Å². The SMILES string of the molecule is NCc1cc2c(nc1Oc1ccccc1Br)CCCC2. The van der Waals surface area contributed by atoms with Gasteiger partial charge in [0.2, 0.25) is 5.88 Å². The molecule has 0 fully saturated rings. The van der Waals surface area contributed by atoms with E-state index in [2.05, 4.69) is 22.0 Å². The predicted octanol–water partition coefficient (Wildman–Crippen LogP) is 3.97. The van der Waals surface area contributed by atoms with Gasteiger partial charge in [0.25, 0.3) is 0 Å². The van der Waals surface area contributed by atoms with Crippen molar-refractivity contribution in [3.63, 3.8) is 0 Å². The largest absolute Gasteiger partial charge is 0.437 e. The molecule has 1 aromatic heterocycles. The molecule has 0 aliphatic heterocycles. The van der Waals surface area contributed by atoms with Gasteiger partial charge in [-0.15, -0.1) is 0 Å². The van der Waals surface area contributed by atoms with Crippen molar-refractivity contribution >= 4 is 15.9 Å². The van der Waals surface area contributed by atoms with Crippen LogP contribution in [0.4, 0.5) is 0 Å². The van der Waals surface area contributed by atoms with Crippen molar-refractivity contribution in [2.45, 2.75) is 32.2 Å². The van der Waals surface area contributed by atoms with Crippen LogP contribution in [0.3, 0.4) is 0 Å². The molecule has 104 valence electrons. The number of hydrogen-bond donors (Lipinski definition) is 1. The van der Waals surface area contributed by atoms with E-state index in [0.29, 0.717) is 12.4 Å². The van der Waals surface area contributed by atoms with Crippen molar-refractivity contribution in [2.75, 3.05) is 0 Å². The van der Waals surface area contributed by atoms with Crippen LogP contribution in [0.1, 0.15) is 29.7 Å². The lowest BCUT2D eigenvalue weighted by atomic mass is 9.95. The molecule has 0 saturated carbocycles. The number of benzene rings is 1. The molecule has 1 aromatic carbocycles. The predicted molar refractivity (Wildman–Crippen MR) is 83.0 cm³/mol. The van der Waals surface area contributed by atoms with Crippen LogP contribution < -0.4 is 10.5 Å². The molecule has 0 radical (unpaired) electrons. The van der Waals surface area contributed by atoms with E-state index in [1.165, 1.54) is 18.4 Å². The molecule has 0 amide bonds. The molecule has 1 heterocycles. The van der Waals surface area contributed by atoms with Gasteiger partial charge in [0, 0.05) is 17.8 Å². The Morgan fingerprint density at radius 3 is 2.80 bits per heavy atom. The van der Waals surface area contributed by atoms with Gasteiger partial charge in [-0.05, 0) is 65.4 Å². The summed E-state index contributed by atoms with van der Waals surface area (Å²) in [6.07, 6.45) is 4.58. The Balaban J connectivity index is 1.98. The first-order valence-corrected chi connectivity index (χ1v) is 7.71. The Hall–Kier alpha value is -1.39. The minimum Gasteiger partial charge on any atom is -0.437 e. The highest BCUT2D eigenvalue weighted by Crippen LogP contribution is 2.32. The fraction of sp³-hybridized carbons (Fsp3) is 0.312. The third-order valence-electron chi connectivity index (χ3n) is 3.60. The van der Waals surface area contributed by atoms with Crippen LogP contribution in [0, 0.1) is 0 Å². The van der Waals surface area contributed by atoms with Gasteiger partial charge >= 0.3 is 0 Å². The molecular formula is C16H17BrN2O. The van der Waals surface area contributed by atoms with E-state index in [1.54, 1.807) is 0 Å². The van der Waals surface area contributed by atoms with Crippen LogP contribution in [-0.2, 0) is 19.4 Å². The minimum atomic E-state index is 0.445. The van der Waals surface area contributed by atoms with E-state index in [9.17, 15) is 0 Å². The quantitative estimate of drug-likeness (QED) is 0.924. The average Bonchev–Trinajstić information content (AvgIpc) is 2.49. The van der Waals surface area contributed by atoms with Crippen molar-refractivity contribution < 1.29 is 4.74 Å². The average molecular weight is 333 g/mol. The smallest absolute Gasteiger partial charge is 0.224 e. The molecule has 0 spiro atoms. The topological polar surface area (TPSA) is 48.1 Å². The molecule has 4 heteroatoms. The van der Waals surface area contributed by atoms with E-state index in [0.717, 1.165) is 34.3 Å². The summed E-state index contributed by atoms with van der Waals surface area (Å²) in [5.74, 6) is 1.41. The van der Waals surface area contributed by atoms with Crippen LogP contribution in [0.15, 0.2) is 34.8 Å². The van der Waals surface area contributed by atoms with E-state index >= 15 is 0 Å². The molecule has 20 heavy (non-hydrogen) atoms. The highest BCUT2D eigenvalue weighted by molar-refractivity contribution is 9.10. The zero-order valence-corrected chi connectivity index (χ0v) is 12.8. The third-order valence-corrected chi connectivity index (χ3v) is 4.26. The summed E-state index contributed by atoms with van der Waals surface area (Å²) in [6.45, 7) is 0.445. The van der Waals surface area contributed by atoms with E-state index in [1.807, 2.05) is 24.3 Å². The number of ether oxygens (including phenoxy) is 1. The van der Waals surface area contributed by atoms with Gasteiger partial charge < -0.3 is 10.5 Å². The number of nitrogens with two attached hydrogens (primary N) is 1. The number of aromatic nitrogens is 1. The summed E-state index contributed by atoms with van der Waals surface area (Å²) in [4.78, 5) is 4.70. The lowest BCUT2D eigenvalue weighted by Crippen LogP contribution is -2.10. The normalized spacial score (nSPS) is 13.9. The van der Waals surface area contributed by atoms with Crippen LogP contribution in [0.5, 0.6) is 11.6 Å². The third kappa shape index (κ3) is 2.72. The zero-order chi connectivity index (χ0) is 13.9. The first-order chi connectivity index (χ1) is 9.78. The van der Waals surface area contributed by atoms with Crippen molar-refractivity contribution in [1.82, 2.24) is 4.98 Å². The first-order valence-electron chi connectivity index (χ1n) is 6.92. The Bertz CT molecular complexity index is 628. The molecule has 0 unspecified atom stereocenters. The van der Waals surface area contributed by atoms with Crippen LogP contribution in [-0.4, -0.2) is 4.98 Å². The molecule has 0 bridgehead atoms. The summed E-state index contributed by atoms with van der Waals surface area (Å²) in [7, 11) is 0. The second-order valence-electron chi connectivity index (χ2n) is 5.00. The Kier molecular flexibility index (Phi) is 4.03. The maximum Gasteiger partial charge on any atom is 0.224 e. The lowest BCUT2D eigenvalue weighted by molar-refractivity contribution is 0.448. The summed E-state index contributed by atoms with van der Waals surface area (Å²) in [5, 5.41) is 0. The Morgan fingerprint density at radius 1 is 1.20 bits per heavy atom. The summed E-state index contributed by atoms with van der Waals surface area (Å²) >= 11 is 3.49. The van der Waals surface area contributed by atoms with E-state index in [4.69, 9.17) is 15.5 Å². The second-order valence-corrected chi connectivity index (χ2v) is 5.86. The Labute approximate surface area is 127 Å². The monoisotopic (exact) mass is 332 g/mol. The standard InChI is InChI=1S/C16H17BrN2O/c17-13-6-2-4-8-15(13)20-16-12(10-18)9-11-5-1-3-7-14(11)19-16/h2,4,6,8-9H,1,3,5,7,10,18H2. The highest BCUT2D eigenvalue weighted by atomic mass is 79.9.